The van der Waals surface area contributed by atoms with E-state index in [4.69, 9.17) is 0 Å². The van der Waals surface area contributed by atoms with Gasteiger partial charge in [0.1, 0.15) is 0 Å². The maximum Gasteiger partial charge on any atom is 0.258 e. The zero-order valence-corrected chi connectivity index (χ0v) is 16.6. The van der Waals surface area contributed by atoms with E-state index in [0.29, 0.717) is 11.3 Å². The average molecular weight is 387 g/mol. The van der Waals surface area contributed by atoms with Gasteiger partial charge in [0.25, 0.3) is 5.91 Å². The molecule has 0 radical (unpaired) electrons. The quantitative estimate of drug-likeness (QED) is 0.637. The first kappa shape index (κ1) is 20.3. The van der Waals surface area contributed by atoms with E-state index in [1.54, 1.807) is 36.2 Å². The van der Waals surface area contributed by atoms with Crippen molar-refractivity contribution in [2.45, 2.75) is 13.0 Å². The molecule has 0 aliphatic rings. The molecule has 2 N–H and O–H groups in total. The van der Waals surface area contributed by atoms with Gasteiger partial charge < -0.3 is 15.5 Å². The fourth-order valence-electron chi connectivity index (χ4n) is 3.00. The molecule has 5 nitrogen and oxygen atoms in total. The largest absolute Gasteiger partial charge is 0.325 e. The summed E-state index contributed by atoms with van der Waals surface area (Å²) in [6, 6.07) is 26.4. The normalized spacial score (nSPS) is 11.5. The second-order valence-corrected chi connectivity index (χ2v) is 6.84. The van der Waals surface area contributed by atoms with Crippen LogP contribution in [0.25, 0.3) is 0 Å². The zero-order valence-electron chi connectivity index (χ0n) is 16.6. The van der Waals surface area contributed by atoms with E-state index in [1.807, 2.05) is 67.6 Å². The Kier molecular flexibility index (Phi) is 6.76. The van der Waals surface area contributed by atoms with Crippen molar-refractivity contribution in [2.75, 3.05) is 23.8 Å². The van der Waals surface area contributed by atoms with Crippen LogP contribution in [0.15, 0.2) is 84.9 Å². The maximum atomic E-state index is 12.8. The van der Waals surface area contributed by atoms with Gasteiger partial charge in [-0.25, -0.2) is 0 Å². The van der Waals surface area contributed by atoms with E-state index in [9.17, 15) is 9.59 Å². The number of hydrogen-bond acceptors (Lipinski definition) is 3. The van der Waals surface area contributed by atoms with E-state index in [2.05, 4.69) is 10.6 Å². The van der Waals surface area contributed by atoms with Crippen LogP contribution in [0, 0.1) is 0 Å². The van der Waals surface area contributed by atoms with E-state index in [0.717, 1.165) is 11.3 Å². The predicted molar refractivity (Wildman–Crippen MR) is 117 cm³/mol. The van der Waals surface area contributed by atoms with Crippen molar-refractivity contribution in [1.29, 1.82) is 0 Å². The lowest BCUT2D eigenvalue weighted by Gasteiger charge is -2.18. The molecule has 2 amide bonds. The summed E-state index contributed by atoms with van der Waals surface area (Å²) >= 11 is 0. The lowest BCUT2D eigenvalue weighted by atomic mass is 10.1. The van der Waals surface area contributed by atoms with Crippen molar-refractivity contribution in [3.8, 4) is 0 Å². The van der Waals surface area contributed by atoms with Gasteiger partial charge >= 0.3 is 0 Å². The zero-order chi connectivity index (χ0) is 20.6. The summed E-state index contributed by atoms with van der Waals surface area (Å²) in [5, 5.41) is 6.06. The van der Waals surface area contributed by atoms with Crippen LogP contribution in [0.1, 0.15) is 28.9 Å². The highest BCUT2D eigenvalue weighted by Gasteiger charge is 2.14. The van der Waals surface area contributed by atoms with Gasteiger partial charge in [-0.1, -0.05) is 54.6 Å². The summed E-state index contributed by atoms with van der Waals surface area (Å²) in [5.41, 5.74) is 3.04. The van der Waals surface area contributed by atoms with Crippen molar-refractivity contribution < 1.29 is 9.59 Å². The number of carbonyl (C=O) groups excluding carboxylic acids is 2. The van der Waals surface area contributed by atoms with Crippen molar-refractivity contribution in [2.24, 2.45) is 0 Å². The number of para-hydroxylation sites is 1. The summed E-state index contributed by atoms with van der Waals surface area (Å²) in [5.74, 6) is -0.295. The van der Waals surface area contributed by atoms with Gasteiger partial charge in [-0.15, -0.1) is 0 Å². The molecule has 5 heteroatoms. The third kappa shape index (κ3) is 5.53. The van der Waals surface area contributed by atoms with E-state index < -0.39 is 0 Å². The molecule has 3 rings (SSSR count). The molecule has 0 fully saturated rings. The van der Waals surface area contributed by atoms with Gasteiger partial charge in [0.15, 0.2) is 0 Å². The van der Waals surface area contributed by atoms with Gasteiger partial charge in [-0.3, -0.25) is 9.59 Å². The Bertz CT molecular complexity index is 958. The number of nitrogens with zero attached hydrogens (tertiary/aromatic N) is 1. The second-order valence-electron chi connectivity index (χ2n) is 6.84. The average Bonchev–Trinajstić information content (AvgIpc) is 2.78. The minimum atomic E-state index is -0.159. The summed E-state index contributed by atoms with van der Waals surface area (Å²) < 4.78 is 0. The van der Waals surface area contributed by atoms with Crippen LogP contribution in [-0.2, 0) is 4.79 Å². The van der Waals surface area contributed by atoms with Crippen molar-refractivity contribution in [3.63, 3.8) is 0 Å². The lowest BCUT2D eigenvalue weighted by Crippen LogP contribution is -2.30. The van der Waals surface area contributed by atoms with E-state index in [-0.39, 0.29) is 24.4 Å². The van der Waals surface area contributed by atoms with Gasteiger partial charge in [0.05, 0.1) is 6.54 Å². The third-order valence-corrected chi connectivity index (χ3v) is 4.71. The van der Waals surface area contributed by atoms with Crippen LogP contribution >= 0.6 is 0 Å². The molecular weight excluding hydrogens is 362 g/mol. The number of anilines is 2. The molecule has 0 spiro atoms. The smallest absolute Gasteiger partial charge is 0.258 e. The lowest BCUT2D eigenvalue weighted by molar-refractivity contribution is -0.115. The summed E-state index contributed by atoms with van der Waals surface area (Å²) in [6.07, 6.45) is 0. The Labute approximate surface area is 171 Å². The molecule has 1 atom stereocenters. The van der Waals surface area contributed by atoms with Crippen molar-refractivity contribution in [1.82, 2.24) is 5.32 Å². The van der Waals surface area contributed by atoms with Gasteiger partial charge in [-0.2, -0.15) is 0 Å². The minimum absolute atomic E-state index is 0.0642. The summed E-state index contributed by atoms with van der Waals surface area (Å²) in [4.78, 5) is 26.7. The topological polar surface area (TPSA) is 61.4 Å². The first-order chi connectivity index (χ1) is 14.0. The fourth-order valence-corrected chi connectivity index (χ4v) is 3.00. The van der Waals surface area contributed by atoms with E-state index >= 15 is 0 Å². The first-order valence-electron chi connectivity index (χ1n) is 9.56. The monoisotopic (exact) mass is 387 g/mol. The molecule has 0 aliphatic carbocycles. The fraction of sp³-hybridized carbons (Fsp3) is 0.167. The number of nitrogens with one attached hydrogen (secondary N) is 2. The molecule has 148 valence electrons. The molecule has 1 unspecified atom stereocenters. The Hall–Kier alpha value is -3.44. The Balaban J connectivity index is 1.59. The van der Waals surface area contributed by atoms with Crippen LogP contribution in [0.4, 0.5) is 11.4 Å². The highest BCUT2D eigenvalue weighted by atomic mass is 16.2. The Morgan fingerprint density at radius 3 is 2.24 bits per heavy atom. The highest BCUT2D eigenvalue weighted by Crippen LogP contribution is 2.17. The molecule has 0 heterocycles. The van der Waals surface area contributed by atoms with Crippen molar-refractivity contribution >= 4 is 23.2 Å². The van der Waals surface area contributed by atoms with E-state index in [1.165, 1.54) is 0 Å². The second kappa shape index (κ2) is 9.66. The summed E-state index contributed by atoms with van der Waals surface area (Å²) in [6.45, 7) is 2.19. The van der Waals surface area contributed by atoms with Crippen LogP contribution in [0.5, 0.6) is 0 Å². The van der Waals surface area contributed by atoms with Crippen molar-refractivity contribution in [3.05, 3.63) is 96.1 Å². The number of hydrogen-bond donors (Lipinski definition) is 2. The van der Waals surface area contributed by atoms with Crippen LogP contribution in [-0.4, -0.2) is 25.4 Å². The molecule has 3 aromatic rings. The molecular formula is C24H25N3O2. The van der Waals surface area contributed by atoms with Gasteiger partial charge in [-0.05, 0) is 42.8 Å². The Morgan fingerprint density at radius 1 is 0.897 bits per heavy atom. The third-order valence-electron chi connectivity index (χ3n) is 4.71. The molecule has 29 heavy (non-hydrogen) atoms. The van der Waals surface area contributed by atoms with Gasteiger partial charge in [0.2, 0.25) is 5.91 Å². The summed E-state index contributed by atoms with van der Waals surface area (Å²) in [7, 11) is 1.73. The molecule has 0 saturated heterocycles. The molecule has 0 aliphatic heterocycles. The predicted octanol–water partition coefficient (Wildman–Crippen LogP) is 4.25. The van der Waals surface area contributed by atoms with Crippen LogP contribution in [0.3, 0.4) is 0 Å². The first-order valence-corrected chi connectivity index (χ1v) is 9.56. The number of amides is 2. The Morgan fingerprint density at radius 2 is 1.55 bits per heavy atom. The molecule has 3 aromatic carbocycles. The number of benzene rings is 3. The number of carbonyl (C=O) groups is 2. The molecule has 0 bridgehead atoms. The molecule has 0 aromatic heterocycles. The minimum Gasteiger partial charge on any atom is -0.325 e. The standard InChI is InChI=1S/C24H25N3O2/c1-18(19-10-5-3-6-11-19)25-17-23(28)26-21-13-9-12-20(16-21)24(29)27(2)22-14-7-4-8-15-22/h3-16,18,25H,17H2,1-2H3,(H,26,28). The SMILES string of the molecule is CC(NCC(=O)Nc1cccc(C(=O)N(C)c2ccccc2)c1)c1ccccc1. The van der Waals surface area contributed by atoms with Gasteiger partial charge in [0, 0.05) is 30.0 Å². The van der Waals surface area contributed by atoms with Crippen LogP contribution in [0.2, 0.25) is 0 Å². The molecule has 0 saturated carbocycles. The highest BCUT2D eigenvalue weighted by molar-refractivity contribution is 6.06. The van der Waals surface area contributed by atoms with Crippen LogP contribution < -0.4 is 15.5 Å². The number of rotatable bonds is 7. The maximum absolute atomic E-state index is 12.8.